The Kier molecular flexibility index (Phi) is 25.0. The molecule has 0 radical (unpaired) electrons. The van der Waals surface area contributed by atoms with E-state index in [9.17, 15) is 9.59 Å². The minimum atomic E-state index is -0.131. The highest BCUT2D eigenvalue weighted by Gasteiger charge is 2.32. The summed E-state index contributed by atoms with van der Waals surface area (Å²) >= 11 is 0. The number of carbonyl (C=O) groups excluding carboxylic acids is 2. The second-order valence-corrected chi connectivity index (χ2v) is 12.1. The summed E-state index contributed by atoms with van der Waals surface area (Å²) in [5.41, 5.74) is -0.131. The van der Waals surface area contributed by atoms with E-state index in [1.807, 2.05) is 28.2 Å². The smallest absolute Gasteiger partial charge is 0.222 e. The molecule has 0 saturated heterocycles. The zero-order valence-corrected chi connectivity index (χ0v) is 27.0. The molecule has 39 heavy (non-hydrogen) atoms. The number of hydrogen-bond donors (Lipinski definition) is 0. The number of hydrogen-bond acceptors (Lipinski definition) is 4. The Labute approximate surface area is 242 Å². The number of amides is 2. The van der Waals surface area contributed by atoms with Crippen LogP contribution in [0.25, 0.3) is 0 Å². The van der Waals surface area contributed by atoms with Gasteiger partial charge in [-0.1, -0.05) is 90.9 Å². The van der Waals surface area contributed by atoms with E-state index in [1.165, 1.54) is 57.8 Å². The molecule has 0 saturated carbocycles. The van der Waals surface area contributed by atoms with E-state index in [2.05, 4.69) is 13.8 Å². The molecule has 0 aromatic carbocycles. The quantitative estimate of drug-likeness (QED) is 0.0919. The van der Waals surface area contributed by atoms with Crippen molar-refractivity contribution in [3.63, 3.8) is 0 Å². The molecule has 0 unspecified atom stereocenters. The lowest BCUT2D eigenvalue weighted by Gasteiger charge is -2.34. The molecule has 0 aromatic heterocycles. The molecule has 6 heteroatoms. The maximum atomic E-state index is 12.5. The van der Waals surface area contributed by atoms with Gasteiger partial charge in [0.2, 0.25) is 11.8 Å². The van der Waals surface area contributed by atoms with Gasteiger partial charge >= 0.3 is 0 Å². The van der Waals surface area contributed by atoms with Crippen LogP contribution < -0.4 is 0 Å². The third-order valence-corrected chi connectivity index (χ3v) is 7.92. The van der Waals surface area contributed by atoms with Crippen molar-refractivity contribution < 1.29 is 19.1 Å². The SMILES string of the molecule is CCCCCCCCCCOCC(CCCCCCOCCCCC)(CCC(=O)N(C)C)CCC(=O)N(C)C. The van der Waals surface area contributed by atoms with Gasteiger partial charge in [0.25, 0.3) is 0 Å². The first-order valence-corrected chi connectivity index (χ1v) is 16.3. The maximum absolute atomic E-state index is 12.5. The fourth-order valence-electron chi connectivity index (χ4n) is 5.02. The number of unbranched alkanes of at least 4 members (excludes halogenated alkanes) is 12. The van der Waals surface area contributed by atoms with Crippen LogP contribution in [0, 0.1) is 5.41 Å². The Morgan fingerprint density at radius 3 is 1.38 bits per heavy atom. The monoisotopic (exact) mass is 555 g/mol. The predicted molar refractivity (Wildman–Crippen MR) is 165 cm³/mol. The van der Waals surface area contributed by atoms with Crippen LogP contribution in [0.4, 0.5) is 0 Å². The summed E-state index contributed by atoms with van der Waals surface area (Å²) in [6.45, 7) is 7.63. The molecule has 0 heterocycles. The van der Waals surface area contributed by atoms with Crippen LogP contribution in [0.1, 0.15) is 142 Å². The van der Waals surface area contributed by atoms with E-state index in [4.69, 9.17) is 9.47 Å². The summed E-state index contributed by atoms with van der Waals surface area (Å²) in [5.74, 6) is 0.309. The molecule has 0 bridgehead atoms. The molecule has 0 aliphatic carbocycles. The van der Waals surface area contributed by atoms with Crippen LogP contribution in [0.2, 0.25) is 0 Å². The molecule has 0 rings (SSSR count). The Morgan fingerprint density at radius 2 is 0.897 bits per heavy atom. The lowest BCUT2D eigenvalue weighted by Crippen LogP contribution is -2.33. The zero-order chi connectivity index (χ0) is 29.2. The van der Waals surface area contributed by atoms with Crippen LogP contribution in [0.15, 0.2) is 0 Å². The summed E-state index contributed by atoms with van der Waals surface area (Å²) in [5, 5.41) is 0. The molecule has 0 aliphatic rings. The van der Waals surface area contributed by atoms with Crippen LogP contribution in [0.3, 0.4) is 0 Å². The first-order chi connectivity index (χ1) is 18.8. The van der Waals surface area contributed by atoms with Crippen molar-refractivity contribution in [1.82, 2.24) is 9.80 Å². The van der Waals surface area contributed by atoms with Crippen LogP contribution >= 0.6 is 0 Å². The fraction of sp³-hybridized carbons (Fsp3) is 0.939. The van der Waals surface area contributed by atoms with Gasteiger partial charge in [0.05, 0.1) is 6.61 Å². The second-order valence-electron chi connectivity index (χ2n) is 12.1. The van der Waals surface area contributed by atoms with E-state index in [-0.39, 0.29) is 17.2 Å². The molecule has 0 aliphatic heterocycles. The van der Waals surface area contributed by atoms with Gasteiger partial charge in [-0.15, -0.1) is 0 Å². The van der Waals surface area contributed by atoms with Crippen molar-refractivity contribution in [3.8, 4) is 0 Å². The van der Waals surface area contributed by atoms with Gasteiger partial charge < -0.3 is 19.3 Å². The van der Waals surface area contributed by atoms with Crippen molar-refractivity contribution >= 4 is 11.8 Å². The summed E-state index contributed by atoms with van der Waals surface area (Å²) in [6, 6.07) is 0. The number of ether oxygens (including phenoxy) is 2. The van der Waals surface area contributed by atoms with Crippen LogP contribution in [-0.4, -0.2) is 76.2 Å². The average molecular weight is 555 g/mol. The van der Waals surface area contributed by atoms with Gasteiger partial charge in [-0.2, -0.15) is 0 Å². The summed E-state index contributed by atoms with van der Waals surface area (Å²) < 4.78 is 12.1. The Balaban J connectivity index is 4.85. The topological polar surface area (TPSA) is 59.1 Å². The Hall–Kier alpha value is -1.14. The Morgan fingerprint density at radius 1 is 0.513 bits per heavy atom. The van der Waals surface area contributed by atoms with Gasteiger partial charge in [0.15, 0.2) is 0 Å². The molecule has 0 spiro atoms. The lowest BCUT2D eigenvalue weighted by molar-refractivity contribution is -0.130. The minimum absolute atomic E-state index is 0.131. The van der Waals surface area contributed by atoms with Crippen molar-refractivity contribution in [2.45, 2.75) is 142 Å². The van der Waals surface area contributed by atoms with E-state index in [1.54, 1.807) is 9.80 Å². The van der Waals surface area contributed by atoms with Crippen molar-refractivity contribution in [3.05, 3.63) is 0 Å². The molecule has 2 amide bonds. The zero-order valence-electron chi connectivity index (χ0n) is 27.0. The molecule has 6 nitrogen and oxygen atoms in total. The highest BCUT2D eigenvalue weighted by molar-refractivity contribution is 5.76. The highest BCUT2D eigenvalue weighted by Crippen LogP contribution is 2.37. The van der Waals surface area contributed by atoms with Crippen LogP contribution in [0.5, 0.6) is 0 Å². The first kappa shape index (κ1) is 37.9. The second kappa shape index (κ2) is 25.8. The maximum Gasteiger partial charge on any atom is 0.222 e. The van der Waals surface area contributed by atoms with E-state index in [0.717, 1.165) is 77.6 Å². The third-order valence-electron chi connectivity index (χ3n) is 7.92. The molecular formula is C33H66N2O4. The summed E-state index contributed by atoms with van der Waals surface area (Å²) in [6.07, 6.45) is 22.0. The molecule has 0 aromatic rings. The third kappa shape index (κ3) is 22.3. The Bertz CT molecular complexity index is 530. The van der Waals surface area contributed by atoms with Crippen LogP contribution in [-0.2, 0) is 19.1 Å². The van der Waals surface area contributed by atoms with Gasteiger partial charge in [-0.3, -0.25) is 9.59 Å². The van der Waals surface area contributed by atoms with Gasteiger partial charge in [-0.25, -0.2) is 0 Å². The first-order valence-electron chi connectivity index (χ1n) is 16.3. The molecule has 0 atom stereocenters. The standard InChI is InChI=1S/C33H66N2O4/c1-7-9-11-12-13-14-16-21-29-39-30-33(25-22-31(36)34(3)4,26-23-32(37)35(5)6)24-18-15-17-20-28-38-27-19-10-8-2/h7-30H2,1-6H3. The van der Waals surface area contributed by atoms with Crippen molar-refractivity contribution in [1.29, 1.82) is 0 Å². The van der Waals surface area contributed by atoms with Crippen molar-refractivity contribution in [2.24, 2.45) is 5.41 Å². The molecule has 0 fully saturated rings. The molecule has 0 N–H and O–H groups in total. The largest absolute Gasteiger partial charge is 0.381 e. The molecular weight excluding hydrogens is 488 g/mol. The summed E-state index contributed by atoms with van der Waals surface area (Å²) in [4.78, 5) is 28.4. The minimum Gasteiger partial charge on any atom is -0.381 e. The highest BCUT2D eigenvalue weighted by atomic mass is 16.5. The van der Waals surface area contributed by atoms with Gasteiger partial charge in [-0.05, 0) is 43.9 Å². The van der Waals surface area contributed by atoms with E-state index in [0.29, 0.717) is 19.4 Å². The number of rotatable bonds is 28. The van der Waals surface area contributed by atoms with E-state index >= 15 is 0 Å². The van der Waals surface area contributed by atoms with Gasteiger partial charge in [0.1, 0.15) is 0 Å². The normalized spacial score (nSPS) is 11.6. The molecule has 232 valence electrons. The summed E-state index contributed by atoms with van der Waals surface area (Å²) in [7, 11) is 7.29. The number of nitrogens with zero attached hydrogens (tertiary/aromatic N) is 2. The predicted octanol–water partition coefficient (Wildman–Crippen LogP) is 8.02. The fourth-order valence-corrected chi connectivity index (χ4v) is 5.02. The van der Waals surface area contributed by atoms with Crippen molar-refractivity contribution in [2.75, 3.05) is 54.6 Å². The lowest BCUT2D eigenvalue weighted by atomic mass is 9.75. The number of carbonyl (C=O) groups is 2. The van der Waals surface area contributed by atoms with Gasteiger partial charge in [0, 0.05) is 60.9 Å². The average Bonchev–Trinajstić information content (AvgIpc) is 2.91. The van der Waals surface area contributed by atoms with E-state index < -0.39 is 0 Å².